The van der Waals surface area contributed by atoms with Crippen LogP contribution in [0.5, 0.6) is 0 Å². The summed E-state index contributed by atoms with van der Waals surface area (Å²) in [4.78, 5) is 35.7. The molecule has 0 aliphatic rings. The van der Waals surface area contributed by atoms with Crippen molar-refractivity contribution in [2.24, 2.45) is 0 Å². The Labute approximate surface area is 148 Å². The molecule has 0 fully saturated rings. The van der Waals surface area contributed by atoms with Gasteiger partial charge in [-0.3, -0.25) is 14.6 Å². The number of benzene rings is 2. The summed E-state index contributed by atoms with van der Waals surface area (Å²) in [5, 5.41) is 8.44. The fraction of sp³-hybridized carbons (Fsp3) is 0.111. The van der Waals surface area contributed by atoms with E-state index in [-0.39, 0.29) is 18.9 Å². The van der Waals surface area contributed by atoms with E-state index in [0.29, 0.717) is 5.56 Å². The Balaban J connectivity index is 1.61. The normalized spacial score (nSPS) is 10.3. The molecule has 8 nitrogen and oxygen atoms in total. The number of carbonyl (C=O) groups is 2. The second-order valence-corrected chi connectivity index (χ2v) is 5.44. The Morgan fingerprint density at radius 3 is 2.35 bits per heavy atom. The van der Waals surface area contributed by atoms with Crippen LogP contribution in [0.25, 0.3) is 11.4 Å². The summed E-state index contributed by atoms with van der Waals surface area (Å²) in [5.74, 6) is -1.21. The van der Waals surface area contributed by atoms with Crippen LogP contribution >= 0.6 is 0 Å². The standard InChI is InChI=1S/C18H16N4O4/c23-15(20-17(24)19-11-13-7-3-1-4-8-13)12-22-16(21-26-18(22)25)14-9-5-2-6-10-14/h1-10H,11-12H2,(H2,19,20,23,24). The van der Waals surface area contributed by atoms with E-state index in [1.807, 2.05) is 36.4 Å². The fourth-order valence-corrected chi connectivity index (χ4v) is 2.33. The van der Waals surface area contributed by atoms with Gasteiger partial charge >= 0.3 is 11.8 Å². The van der Waals surface area contributed by atoms with Crippen molar-refractivity contribution in [2.75, 3.05) is 0 Å². The van der Waals surface area contributed by atoms with Crippen molar-refractivity contribution in [2.45, 2.75) is 13.1 Å². The van der Waals surface area contributed by atoms with Crippen LogP contribution in [0.15, 0.2) is 70.0 Å². The van der Waals surface area contributed by atoms with E-state index in [1.54, 1.807) is 24.3 Å². The number of aromatic nitrogens is 2. The predicted molar refractivity (Wildman–Crippen MR) is 93.0 cm³/mol. The monoisotopic (exact) mass is 352 g/mol. The summed E-state index contributed by atoms with van der Waals surface area (Å²) in [6.07, 6.45) is 0. The van der Waals surface area contributed by atoms with Crippen LogP contribution in [0.2, 0.25) is 0 Å². The third kappa shape index (κ3) is 4.23. The van der Waals surface area contributed by atoms with E-state index in [2.05, 4.69) is 20.3 Å². The van der Waals surface area contributed by atoms with Gasteiger partial charge in [-0.2, -0.15) is 0 Å². The van der Waals surface area contributed by atoms with Crippen molar-refractivity contribution in [1.82, 2.24) is 20.4 Å². The smallest absolute Gasteiger partial charge is 0.334 e. The first kappa shape index (κ1) is 17.2. The minimum absolute atomic E-state index is 0.218. The highest BCUT2D eigenvalue weighted by atomic mass is 16.5. The molecule has 0 aliphatic carbocycles. The highest BCUT2D eigenvalue weighted by molar-refractivity contribution is 5.94. The maximum Gasteiger partial charge on any atom is 0.442 e. The zero-order chi connectivity index (χ0) is 18.4. The summed E-state index contributed by atoms with van der Waals surface area (Å²) in [7, 11) is 0. The van der Waals surface area contributed by atoms with Gasteiger partial charge in [-0.25, -0.2) is 14.2 Å². The zero-order valence-corrected chi connectivity index (χ0v) is 13.7. The molecular formula is C18H16N4O4. The Hall–Kier alpha value is -3.68. The van der Waals surface area contributed by atoms with Gasteiger partial charge in [-0.1, -0.05) is 65.8 Å². The van der Waals surface area contributed by atoms with Gasteiger partial charge in [0.25, 0.3) is 0 Å². The van der Waals surface area contributed by atoms with Crippen LogP contribution in [-0.2, 0) is 17.9 Å². The van der Waals surface area contributed by atoms with Crippen LogP contribution in [0, 0.1) is 0 Å². The zero-order valence-electron chi connectivity index (χ0n) is 13.7. The molecule has 0 aliphatic heterocycles. The van der Waals surface area contributed by atoms with Crippen LogP contribution in [0.3, 0.4) is 0 Å². The first-order chi connectivity index (χ1) is 12.6. The third-order valence-electron chi connectivity index (χ3n) is 3.57. The summed E-state index contributed by atoms with van der Waals surface area (Å²) < 4.78 is 5.70. The molecular weight excluding hydrogens is 336 g/mol. The number of imide groups is 1. The molecule has 2 N–H and O–H groups in total. The SMILES string of the molecule is O=C(Cn1c(-c2ccccc2)noc1=O)NC(=O)NCc1ccccc1. The molecule has 0 bridgehead atoms. The second kappa shape index (κ2) is 7.93. The first-order valence-electron chi connectivity index (χ1n) is 7.87. The fourth-order valence-electron chi connectivity index (χ4n) is 2.33. The van der Waals surface area contributed by atoms with E-state index in [9.17, 15) is 14.4 Å². The molecule has 132 valence electrons. The lowest BCUT2D eigenvalue weighted by Crippen LogP contribution is -2.41. The number of rotatable bonds is 5. The quantitative estimate of drug-likeness (QED) is 0.724. The van der Waals surface area contributed by atoms with Crippen LogP contribution in [-0.4, -0.2) is 21.7 Å². The van der Waals surface area contributed by atoms with E-state index in [1.165, 1.54) is 0 Å². The summed E-state index contributed by atoms with van der Waals surface area (Å²) in [5.41, 5.74) is 1.52. The van der Waals surface area contributed by atoms with E-state index < -0.39 is 17.7 Å². The maximum atomic E-state index is 12.1. The number of nitrogens with zero attached hydrogens (tertiary/aromatic N) is 2. The lowest BCUT2D eigenvalue weighted by molar-refractivity contribution is -0.120. The molecule has 26 heavy (non-hydrogen) atoms. The minimum Gasteiger partial charge on any atom is -0.334 e. The molecule has 1 heterocycles. The van der Waals surface area contributed by atoms with Crippen LogP contribution in [0.4, 0.5) is 4.79 Å². The Morgan fingerprint density at radius 1 is 1.00 bits per heavy atom. The molecule has 2 aromatic carbocycles. The van der Waals surface area contributed by atoms with Gasteiger partial charge in [0.2, 0.25) is 5.91 Å². The van der Waals surface area contributed by atoms with Crippen molar-refractivity contribution in [3.05, 3.63) is 76.8 Å². The molecule has 1 aromatic heterocycles. The van der Waals surface area contributed by atoms with Gasteiger partial charge in [0.15, 0.2) is 5.82 Å². The average Bonchev–Trinajstić information content (AvgIpc) is 3.02. The number of amides is 3. The molecule has 0 atom stereocenters. The van der Waals surface area contributed by atoms with Crippen molar-refractivity contribution in [3.8, 4) is 11.4 Å². The summed E-state index contributed by atoms with van der Waals surface area (Å²) >= 11 is 0. The molecule has 3 rings (SSSR count). The molecule has 0 radical (unpaired) electrons. The molecule has 8 heteroatoms. The topological polar surface area (TPSA) is 106 Å². The highest BCUT2D eigenvalue weighted by Crippen LogP contribution is 2.14. The van der Waals surface area contributed by atoms with Crippen LogP contribution in [0.1, 0.15) is 5.56 Å². The largest absolute Gasteiger partial charge is 0.442 e. The van der Waals surface area contributed by atoms with E-state index in [0.717, 1.165) is 10.1 Å². The maximum absolute atomic E-state index is 12.1. The molecule has 3 amide bonds. The molecule has 0 saturated carbocycles. The van der Waals surface area contributed by atoms with Crippen molar-refractivity contribution in [3.63, 3.8) is 0 Å². The molecule has 0 spiro atoms. The Bertz CT molecular complexity index is 948. The number of carbonyl (C=O) groups excluding carboxylic acids is 2. The second-order valence-electron chi connectivity index (χ2n) is 5.44. The Kier molecular flexibility index (Phi) is 5.23. The third-order valence-corrected chi connectivity index (χ3v) is 3.57. The van der Waals surface area contributed by atoms with Gasteiger partial charge in [0.05, 0.1) is 0 Å². The number of urea groups is 1. The van der Waals surface area contributed by atoms with E-state index >= 15 is 0 Å². The van der Waals surface area contributed by atoms with E-state index in [4.69, 9.17) is 0 Å². The number of nitrogens with one attached hydrogen (secondary N) is 2. The molecule has 0 saturated heterocycles. The lowest BCUT2D eigenvalue weighted by Gasteiger charge is -2.07. The van der Waals surface area contributed by atoms with Gasteiger partial charge in [0.1, 0.15) is 6.54 Å². The van der Waals surface area contributed by atoms with Crippen molar-refractivity contribution >= 4 is 11.9 Å². The molecule has 0 unspecified atom stereocenters. The predicted octanol–water partition coefficient (Wildman–Crippen LogP) is 1.53. The highest BCUT2D eigenvalue weighted by Gasteiger charge is 2.17. The van der Waals surface area contributed by atoms with Crippen molar-refractivity contribution < 1.29 is 14.1 Å². The lowest BCUT2D eigenvalue weighted by atomic mass is 10.2. The summed E-state index contributed by atoms with van der Waals surface area (Å²) in [6, 6.07) is 17.5. The van der Waals surface area contributed by atoms with Crippen molar-refractivity contribution in [1.29, 1.82) is 0 Å². The van der Waals surface area contributed by atoms with Gasteiger partial charge in [-0.05, 0) is 5.56 Å². The average molecular weight is 352 g/mol. The van der Waals surface area contributed by atoms with Gasteiger partial charge in [-0.15, -0.1) is 0 Å². The van der Waals surface area contributed by atoms with Gasteiger partial charge < -0.3 is 5.32 Å². The number of hydrogen-bond acceptors (Lipinski definition) is 5. The minimum atomic E-state index is -0.774. The van der Waals surface area contributed by atoms with Gasteiger partial charge in [0, 0.05) is 12.1 Å². The Morgan fingerprint density at radius 2 is 1.65 bits per heavy atom. The van der Waals surface area contributed by atoms with Crippen LogP contribution < -0.4 is 16.4 Å². The number of hydrogen-bond donors (Lipinski definition) is 2. The summed E-state index contributed by atoms with van der Waals surface area (Å²) in [6.45, 7) is -0.103. The first-order valence-corrected chi connectivity index (χ1v) is 7.87. The molecule has 3 aromatic rings.